The topological polar surface area (TPSA) is 114 Å². The molecule has 0 aliphatic carbocycles. The second-order valence-electron chi connectivity index (χ2n) is 4.79. The van der Waals surface area contributed by atoms with E-state index < -0.39 is 0 Å². The number of hydrogen-bond donors (Lipinski definition) is 3. The molecule has 1 aliphatic rings. The van der Waals surface area contributed by atoms with Crippen molar-refractivity contribution in [3.8, 4) is 5.88 Å². The predicted molar refractivity (Wildman–Crippen MR) is 77.7 cm³/mol. The Kier molecular flexibility index (Phi) is 4.39. The summed E-state index contributed by atoms with van der Waals surface area (Å²) in [5, 5.41) is 16.0. The highest BCUT2D eigenvalue weighted by atomic mass is 16.5. The first-order valence-corrected chi connectivity index (χ1v) is 6.54. The lowest BCUT2D eigenvalue weighted by atomic mass is 9.91. The first kappa shape index (κ1) is 14.1. The van der Waals surface area contributed by atoms with Gasteiger partial charge in [-0.25, -0.2) is 0 Å². The second-order valence-corrected chi connectivity index (χ2v) is 4.79. The first-order chi connectivity index (χ1) is 9.60. The number of hydrogen-bond acceptors (Lipinski definition) is 7. The molecule has 0 aromatic carbocycles. The van der Waals surface area contributed by atoms with E-state index in [0.717, 1.165) is 31.7 Å². The third kappa shape index (κ3) is 3.37. The monoisotopic (exact) mass is 276 g/mol. The van der Waals surface area contributed by atoms with Crippen LogP contribution in [0.4, 0.5) is 5.82 Å². The quantitative estimate of drug-likeness (QED) is 0.689. The van der Waals surface area contributed by atoms with E-state index in [-0.39, 0.29) is 11.7 Å². The lowest BCUT2D eigenvalue weighted by Crippen LogP contribution is -2.36. The number of nitrogens with zero attached hydrogens (tertiary/aromatic N) is 3. The Hall–Kier alpha value is -2.31. The fraction of sp³-hybridized carbons (Fsp3) is 0.462. The van der Waals surface area contributed by atoms with E-state index in [4.69, 9.17) is 21.6 Å². The smallest absolute Gasteiger partial charge is 0.233 e. The van der Waals surface area contributed by atoms with Gasteiger partial charge in [-0.15, -0.1) is 10.2 Å². The van der Waals surface area contributed by atoms with Crippen molar-refractivity contribution in [3.63, 3.8) is 0 Å². The molecule has 0 unspecified atom stereocenters. The van der Waals surface area contributed by atoms with Gasteiger partial charge in [0.2, 0.25) is 5.88 Å². The minimum atomic E-state index is 0.193. The minimum absolute atomic E-state index is 0.193. The van der Waals surface area contributed by atoms with E-state index in [1.807, 2.05) is 6.07 Å². The molecule has 7 heteroatoms. The molecule has 1 aromatic rings. The van der Waals surface area contributed by atoms with E-state index in [1.165, 1.54) is 6.08 Å². The van der Waals surface area contributed by atoms with Crippen LogP contribution in [0, 0.1) is 11.3 Å². The summed E-state index contributed by atoms with van der Waals surface area (Å²) in [5.41, 5.74) is 11.3. The molecule has 0 radical (unpaired) electrons. The van der Waals surface area contributed by atoms with Crippen LogP contribution < -0.4 is 21.1 Å². The highest BCUT2D eigenvalue weighted by molar-refractivity contribution is 5.94. The third-order valence-electron chi connectivity index (χ3n) is 3.42. The van der Waals surface area contributed by atoms with E-state index in [0.29, 0.717) is 11.6 Å². The van der Waals surface area contributed by atoms with Gasteiger partial charge in [0.05, 0.1) is 12.9 Å². The van der Waals surface area contributed by atoms with Gasteiger partial charge >= 0.3 is 0 Å². The molecular formula is C13H20N6O. The summed E-state index contributed by atoms with van der Waals surface area (Å²) in [7, 11) is 1.57. The zero-order valence-corrected chi connectivity index (χ0v) is 11.5. The number of piperidine rings is 1. The number of anilines is 1. The average Bonchev–Trinajstić information content (AvgIpc) is 2.47. The number of allylic oxidation sites excluding steroid dienone is 1. The highest BCUT2D eigenvalue weighted by Gasteiger charge is 2.22. The molecule has 20 heavy (non-hydrogen) atoms. The predicted octanol–water partition coefficient (Wildman–Crippen LogP) is 0.480. The largest absolute Gasteiger partial charge is 0.480 e. The van der Waals surface area contributed by atoms with Gasteiger partial charge in [-0.05, 0) is 25.0 Å². The van der Waals surface area contributed by atoms with Crippen LogP contribution in [0.1, 0.15) is 12.8 Å². The number of nitrogens with one attached hydrogen (secondary N) is 1. The molecule has 2 heterocycles. The summed E-state index contributed by atoms with van der Waals surface area (Å²) in [4.78, 5) is 2.16. The van der Waals surface area contributed by atoms with Crippen LogP contribution in [-0.2, 0) is 0 Å². The Morgan fingerprint density at radius 3 is 2.55 bits per heavy atom. The van der Waals surface area contributed by atoms with Crippen molar-refractivity contribution in [3.05, 3.63) is 24.0 Å². The summed E-state index contributed by atoms with van der Waals surface area (Å²) in [6.45, 7) is 1.68. The maximum atomic E-state index is 7.94. The van der Waals surface area contributed by atoms with Crippen LogP contribution in [0.15, 0.2) is 24.0 Å². The first-order valence-electron chi connectivity index (χ1n) is 6.54. The van der Waals surface area contributed by atoms with Crippen LogP contribution in [0.2, 0.25) is 0 Å². The van der Waals surface area contributed by atoms with Crippen LogP contribution in [-0.4, -0.2) is 36.1 Å². The maximum Gasteiger partial charge on any atom is 0.233 e. The molecule has 1 aromatic heterocycles. The van der Waals surface area contributed by atoms with Crippen molar-refractivity contribution in [1.82, 2.24) is 10.2 Å². The molecule has 0 amide bonds. The van der Waals surface area contributed by atoms with Gasteiger partial charge < -0.3 is 26.5 Å². The average molecular weight is 276 g/mol. The van der Waals surface area contributed by atoms with Crippen molar-refractivity contribution >= 4 is 11.5 Å². The molecule has 108 valence electrons. The second kappa shape index (κ2) is 6.23. The zero-order chi connectivity index (χ0) is 14.5. The molecule has 7 nitrogen and oxygen atoms in total. The van der Waals surface area contributed by atoms with E-state index in [1.54, 1.807) is 13.2 Å². The SMILES string of the molecule is COc1ccc(N2CCC(C(=N)C=C(N)N)CC2)nn1. The van der Waals surface area contributed by atoms with Gasteiger partial charge in [-0.1, -0.05) is 0 Å². The van der Waals surface area contributed by atoms with Gasteiger partial charge in [0.25, 0.3) is 0 Å². The third-order valence-corrected chi connectivity index (χ3v) is 3.42. The van der Waals surface area contributed by atoms with Crippen molar-refractivity contribution in [1.29, 1.82) is 5.41 Å². The fourth-order valence-electron chi connectivity index (χ4n) is 2.31. The highest BCUT2D eigenvalue weighted by Crippen LogP contribution is 2.23. The Morgan fingerprint density at radius 1 is 1.35 bits per heavy atom. The standard InChI is InChI=1S/C13H20N6O/c1-20-13-3-2-12(17-18-13)19-6-4-9(5-7-19)10(14)8-11(15)16/h2-3,8-9,14H,4-7,15-16H2,1H3. The van der Waals surface area contributed by atoms with Gasteiger partial charge in [-0.2, -0.15) is 0 Å². The summed E-state index contributed by atoms with van der Waals surface area (Å²) < 4.78 is 4.99. The van der Waals surface area contributed by atoms with Gasteiger partial charge in [0.15, 0.2) is 5.82 Å². The van der Waals surface area contributed by atoms with E-state index in [2.05, 4.69) is 15.1 Å². The molecule has 0 bridgehead atoms. The number of aromatic nitrogens is 2. The van der Waals surface area contributed by atoms with E-state index in [9.17, 15) is 0 Å². The Morgan fingerprint density at radius 2 is 2.05 bits per heavy atom. The number of rotatable bonds is 4. The Bertz CT molecular complexity index is 486. The Balaban J connectivity index is 1.93. The summed E-state index contributed by atoms with van der Waals surface area (Å²) >= 11 is 0. The molecular weight excluding hydrogens is 256 g/mol. The summed E-state index contributed by atoms with van der Waals surface area (Å²) in [6.07, 6.45) is 3.31. The molecule has 0 atom stereocenters. The van der Waals surface area contributed by atoms with Crippen molar-refractivity contribution in [2.75, 3.05) is 25.1 Å². The van der Waals surface area contributed by atoms with Gasteiger partial charge in [0, 0.05) is 30.8 Å². The summed E-state index contributed by atoms with van der Waals surface area (Å²) in [5.74, 6) is 1.75. The van der Waals surface area contributed by atoms with Crippen molar-refractivity contribution in [2.45, 2.75) is 12.8 Å². The number of nitrogens with two attached hydrogens (primary N) is 2. The van der Waals surface area contributed by atoms with Gasteiger partial charge in [-0.3, -0.25) is 0 Å². The molecule has 0 saturated carbocycles. The van der Waals surface area contributed by atoms with Crippen LogP contribution in [0.5, 0.6) is 5.88 Å². The molecule has 5 N–H and O–H groups in total. The lowest BCUT2D eigenvalue weighted by molar-refractivity contribution is 0.391. The molecule has 0 spiro atoms. The molecule has 2 rings (SSSR count). The fourth-order valence-corrected chi connectivity index (χ4v) is 2.31. The van der Waals surface area contributed by atoms with Crippen molar-refractivity contribution in [2.24, 2.45) is 17.4 Å². The maximum absolute atomic E-state index is 7.94. The van der Waals surface area contributed by atoms with Crippen molar-refractivity contribution < 1.29 is 4.74 Å². The van der Waals surface area contributed by atoms with Crippen LogP contribution in [0.25, 0.3) is 0 Å². The zero-order valence-electron chi connectivity index (χ0n) is 11.5. The van der Waals surface area contributed by atoms with Gasteiger partial charge in [0.1, 0.15) is 0 Å². The van der Waals surface area contributed by atoms with E-state index >= 15 is 0 Å². The van der Waals surface area contributed by atoms with Crippen LogP contribution in [0.3, 0.4) is 0 Å². The normalized spacial score (nSPS) is 15.8. The Labute approximate surface area is 118 Å². The molecule has 1 aliphatic heterocycles. The minimum Gasteiger partial charge on any atom is -0.480 e. The molecule has 1 saturated heterocycles. The molecule has 1 fully saturated rings. The van der Waals surface area contributed by atoms with Crippen LogP contribution >= 0.6 is 0 Å². The number of ether oxygens (including phenoxy) is 1. The summed E-state index contributed by atoms with van der Waals surface area (Å²) in [6, 6.07) is 3.70. The number of methoxy groups -OCH3 is 1. The lowest BCUT2D eigenvalue weighted by Gasteiger charge is -2.32.